The third-order valence-corrected chi connectivity index (χ3v) is 3.00. The Kier molecular flexibility index (Phi) is 3.08. The topological polar surface area (TPSA) is 63.5 Å². The Labute approximate surface area is 99.2 Å². The van der Waals surface area contributed by atoms with Crippen molar-refractivity contribution in [2.75, 3.05) is 11.4 Å². The van der Waals surface area contributed by atoms with E-state index in [0.717, 1.165) is 18.4 Å². The van der Waals surface area contributed by atoms with Gasteiger partial charge in [-0.05, 0) is 18.4 Å². The summed E-state index contributed by atoms with van der Waals surface area (Å²) in [5.41, 5.74) is 1.76. The lowest BCUT2D eigenvalue weighted by molar-refractivity contribution is -0.384. The fourth-order valence-corrected chi connectivity index (χ4v) is 2.13. The predicted octanol–water partition coefficient (Wildman–Crippen LogP) is 2.28. The monoisotopic (exact) mass is 234 g/mol. The van der Waals surface area contributed by atoms with Crippen molar-refractivity contribution >= 4 is 17.3 Å². The number of rotatable bonds is 2. The van der Waals surface area contributed by atoms with Crippen LogP contribution in [-0.2, 0) is 11.2 Å². The van der Waals surface area contributed by atoms with Crippen molar-refractivity contribution in [2.24, 2.45) is 0 Å². The van der Waals surface area contributed by atoms with Crippen molar-refractivity contribution in [1.82, 2.24) is 0 Å². The molecule has 1 amide bonds. The van der Waals surface area contributed by atoms with E-state index in [-0.39, 0.29) is 11.6 Å². The Morgan fingerprint density at radius 1 is 1.53 bits per heavy atom. The number of carbonyl (C=O) groups excluding carboxylic acids is 1. The summed E-state index contributed by atoms with van der Waals surface area (Å²) >= 11 is 0. The second-order valence-electron chi connectivity index (χ2n) is 4.07. The first-order chi connectivity index (χ1) is 8.13. The van der Waals surface area contributed by atoms with Crippen LogP contribution in [0.5, 0.6) is 0 Å². The summed E-state index contributed by atoms with van der Waals surface area (Å²) in [6.45, 7) is 2.45. The van der Waals surface area contributed by atoms with Gasteiger partial charge in [0.15, 0.2) is 0 Å². The van der Waals surface area contributed by atoms with Gasteiger partial charge in [0, 0.05) is 25.1 Å². The number of benzene rings is 1. The third kappa shape index (κ3) is 2.13. The Morgan fingerprint density at radius 3 is 2.94 bits per heavy atom. The maximum Gasteiger partial charge on any atom is 0.271 e. The van der Waals surface area contributed by atoms with Crippen molar-refractivity contribution in [2.45, 2.75) is 26.2 Å². The summed E-state index contributed by atoms with van der Waals surface area (Å²) in [5, 5.41) is 10.7. The van der Waals surface area contributed by atoms with E-state index in [1.807, 2.05) is 0 Å². The van der Waals surface area contributed by atoms with Gasteiger partial charge in [0.2, 0.25) is 5.91 Å². The SMILES string of the molecule is CCC(=O)N1CCCc2ccc([N+](=O)[O-])cc21. The van der Waals surface area contributed by atoms with E-state index in [1.54, 1.807) is 17.9 Å². The van der Waals surface area contributed by atoms with Gasteiger partial charge in [-0.15, -0.1) is 0 Å². The van der Waals surface area contributed by atoms with Gasteiger partial charge in [-0.3, -0.25) is 14.9 Å². The van der Waals surface area contributed by atoms with E-state index < -0.39 is 4.92 Å². The van der Waals surface area contributed by atoms with Crippen molar-refractivity contribution in [3.8, 4) is 0 Å². The zero-order chi connectivity index (χ0) is 12.4. The summed E-state index contributed by atoms with van der Waals surface area (Å²) in [4.78, 5) is 23.7. The van der Waals surface area contributed by atoms with E-state index in [1.165, 1.54) is 12.1 Å². The Hall–Kier alpha value is -1.91. The van der Waals surface area contributed by atoms with Crippen LogP contribution >= 0.6 is 0 Å². The van der Waals surface area contributed by atoms with Crippen LogP contribution in [0.3, 0.4) is 0 Å². The minimum atomic E-state index is -0.427. The molecule has 17 heavy (non-hydrogen) atoms. The quantitative estimate of drug-likeness (QED) is 0.582. The molecule has 2 rings (SSSR count). The van der Waals surface area contributed by atoms with Gasteiger partial charge in [0.1, 0.15) is 0 Å². The van der Waals surface area contributed by atoms with Crippen LogP contribution in [-0.4, -0.2) is 17.4 Å². The maximum atomic E-state index is 11.8. The molecule has 5 nitrogen and oxygen atoms in total. The van der Waals surface area contributed by atoms with Crippen LogP contribution in [0.25, 0.3) is 0 Å². The molecule has 1 aliphatic rings. The summed E-state index contributed by atoms with van der Waals surface area (Å²) < 4.78 is 0. The molecule has 1 heterocycles. The number of hydrogen-bond donors (Lipinski definition) is 0. The van der Waals surface area contributed by atoms with Gasteiger partial charge in [-0.2, -0.15) is 0 Å². The van der Waals surface area contributed by atoms with Crippen molar-refractivity contribution in [3.05, 3.63) is 33.9 Å². The number of aryl methyl sites for hydroxylation is 1. The largest absolute Gasteiger partial charge is 0.312 e. The second kappa shape index (κ2) is 4.53. The molecule has 0 saturated carbocycles. The molecule has 90 valence electrons. The number of carbonyl (C=O) groups is 1. The van der Waals surface area contributed by atoms with E-state index in [0.29, 0.717) is 18.7 Å². The molecular formula is C12H14N2O3. The number of nitro benzene ring substituents is 1. The van der Waals surface area contributed by atoms with Gasteiger partial charge in [-0.1, -0.05) is 13.0 Å². The van der Waals surface area contributed by atoms with Crippen LogP contribution in [0.1, 0.15) is 25.3 Å². The lowest BCUT2D eigenvalue weighted by atomic mass is 10.0. The minimum absolute atomic E-state index is 0.0199. The number of nitrogens with zero attached hydrogens (tertiary/aromatic N) is 2. The number of amides is 1. The molecule has 0 N–H and O–H groups in total. The van der Waals surface area contributed by atoms with Gasteiger partial charge in [-0.25, -0.2) is 0 Å². The Bertz CT molecular complexity index is 471. The molecule has 0 unspecified atom stereocenters. The zero-order valence-corrected chi connectivity index (χ0v) is 9.68. The van der Waals surface area contributed by atoms with E-state index >= 15 is 0 Å². The van der Waals surface area contributed by atoms with Crippen molar-refractivity contribution in [3.63, 3.8) is 0 Å². The number of hydrogen-bond acceptors (Lipinski definition) is 3. The van der Waals surface area contributed by atoms with Gasteiger partial charge in [0.25, 0.3) is 5.69 Å². The number of nitro groups is 1. The molecule has 0 radical (unpaired) electrons. The molecule has 0 aliphatic carbocycles. The molecule has 1 aromatic rings. The highest BCUT2D eigenvalue weighted by atomic mass is 16.6. The molecular weight excluding hydrogens is 220 g/mol. The van der Waals surface area contributed by atoms with Crippen molar-refractivity contribution < 1.29 is 9.72 Å². The smallest absolute Gasteiger partial charge is 0.271 e. The summed E-state index contributed by atoms with van der Waals surface area (Å²) in [6.07, 6.45) is 2.21. The van der Waals surface area contributed by atoms with E-state index in [4.69, 9.17) is 0 Å². The summed E-state index contributed by atoms with van der Waals surface area (Å²) in [6, 6.07) is 4.75. The van der Waals surface area contributed by atoms with Crippen LogP contribution in [0.4, 0.5) is 11.4 Å². The highest BCUT2D eigenvalue weighted by molar-refractivity contribution is 5.94. The molecule has 5 heteroatoms. The summed E-state index contributed by atoms with van der Waals surface area (Å²) in [5.74, 6) is 0.0199. The molecule has 1 aliphatic heterocycles. The third-order valence-electron chi connectivity index (χ3n) is 3.00. The zero-order valence-electron chi connectivity index (χ0n) is 9.68. The molecule has 0 fully saturated rings. The molecule has 0 spiro atoms. The van der Waals surface area contributed by atoms with Gasteiger partial charge < -0.3 is 4.90 Å². The van der Waals surface area contributed by atoms with Gasteiger partial charge in [0.05, 0.1) is 10.6 Å². The van der Waals surface area contributed by atoms with Crippen LogP contribution in [0.15, 0.2) is 18.2 Å². The Morgan fingerprint density at radius 2 is 2.29 bits per heavy atom. The van der Waals surface area contributed by atoms with Crippen molar-refractivity contribution in [1.29, 1.82) is 0 Å². The maximum absolute atomic E-state index is 11.8. The highest BCUT2D eigenvalue weighted by Crippen LogP contribution is 2.31. The van der Waals surface area contributed by atoms with E-state index in [9.17, 15) is 14.9 Å². The highest BCUT2D eigenvalue weighted by Gasteiger charge is 2.23. The van der Waals surface area contributed by atoms with Gasteiger partial charge >= 0.3 is 0 Å². The number of non-ortho nitro benzene ring substituents is 1. The average Bonchev–Trinajstić information content (AvgIpc) is 2.36. The van der Waals surface area contributed by atoms with E-state index in [2.05, 4.69) is 0 Å². The molecule has 0 bridgehead atoms. The second-order valence-corrected chi connectivity index (χ2v) is 4.07. The van der Waals surface area contributed by atoms with Crippen LogP contribution in [0, 0.1) is 10.1 Å². The average molecular weight is 234 g/mol. The van der Waals surface area contributed by atoms with Crippen LogP contribution in [0.2, 0.25) is 0 Å². The van der Waals surface area contributed by atoms with Crippen LogP contribution < -0.4 is 4.90 Å². The minimum Gasteiger partial charge on any atom is -0.312 e. The predicted molar refractivity (Wildman–Crippen MR) is 64.1 cm³/mol. The fraction of sp³-hybridized carbons (Fsp3) is 0.417. The fourth-order valence-electron chi connectivity index (χ4n) is 2.13. The standard InChI is InChI=1S/C12H14N2O3/c1-2-12(15)13-7-3-4-9-5-6-10(14(16)17)8-11(9)13/h5-6,8H,2-4,7H2,1H3. The normalized spacial score (nSPS) is 14.3. The summed E-state index contributed by atoms with van der Waals surface area (Å²) in [7, 11) is 0. The molecule has 0 atom stereocenters. The first-order valence-electron chi connectivity index (χ1n) is 5.71. The first kappa shape index (κ1) is 11.6. The molecule has 0 aromatic heterocycles. The first-order valence-corrected chi connectivity index (χ1v) is 5.71. The Balaban J connectivity index is 2.44. The molecule has 1 aromatic carbocycles. The number of fused-ring (bicyclic) bond motifs is 1. The lowest BCUT2D eigenvalue weighted by Gasteiger charge is -2.29. The number of anilines is 1. The molecule has 0 saturated heterocycles. The lowest BCUT2D eigenvalue weighted by Crippen LogP contribution is -2.34.